The van der Waals surface area contributed by atoms with Gasteiger partial charge in [0.2, 0.25) is 0 Å². The van der Waals surface area contributed by atoms with Crippen molar-refractivity contribution in [2.24, 2.45) is 29.1 Å². The Hall–Kier alpha value is -0.790. The molecule has 0 aromatic rings. The van der Waals surface area contributed by atoms with E-state index in [0.717, 1.165) is 24.2 Å². The number of hydrogen-bond donors (Lipinski definition) is 1. The van der Waals surface area contributed by atoms with Crippen molar-refractivity contribution >= 4 is 5.97 Å². The van der Waals surface area contributed by atoms with Crippen molar-refractivity contribution in [3.8, 4) is 0 Å². The summed E-state index contributed by atoms with van der Waals surface area (Å²) in [4.78, 5) is 11.0. The maximum Gasteiger partial charge on any atom is 0.330 e. The number of aliphatic carboxylic acids is 1. The van der Waals surface area contributed by atoms with E-state index in [-0.39, 0.29) is 5.41 Å². The minimum Gasteiger partial charge on any atom is -0.478 e. The van der Waals surface area contributed by atoms with Crippen LogP contribution in [0.5, 0.6) is 0 Å². The predicted octanol–water partition coefficient (Wildman–Crippen LogP) is 3.48. The van der Waals surface area contributed by atoms with E-state index < -0.39 is 5.97 Å². The maximum atomic E-state index is 11.0. The second-order valence-electron chi connectivity index (χ2n) is 6.84. The highest BCUT2D eigenvalue weighted by molar-refractivity contribution is 5.85. The lowest BCUT2D eigenvalue weighted by atomic mass is 9.44. The Kier molecular flexibility index (Phi) is 2.39. The molecule has 0 saturated heterocycles. The van der Waals surface area contributed by atoms with Crippen LogP contribution in [0.3, 0.4) is 0 Å². The van der Waals surface area contributed by atoms with Gasteiger partial charge in [-0.3, -0.25) is 0 Å². The molecule has 4 fully saturated rings. The Balaban J connectivity index is 1.85. The molecule has 0 aromatic heterocycles. The molecule has 0 aromatic carbocycles. The third kappa shape index (κ3) is 1.64. The molecule has 4 aliphatic rings. The molecule has 0 spiro atoms. The summed E-state index contributed by atoms with van der Waals surface area (Å²) in [6.07, 6.45) is 7.45. The van der Waals surface area contributed by atoms with Crippen LogP contribution in [0, 0.1) is 29.1 Å². The van der Waals surface area contributed by atoms with Crippen LogP contribution in [0.1, 0.15) is 45.4 Å². The average Bonchev–Trinajstić information content (AvgIpc) is 2.24. The second kappa shape index (κ2) is 3.60. The molecule has 0 heterocycles. The summed E-state index contributed by atoms with van der Waals surface area (Å²) in [6.45, 7) is 6.12. The maximum absolute atomic E-state index is 11.0. The van der Waals surface area contributed by atoms with Gasteiger partial charge in [0.25, 0.3) is 0 Å². The second-order valence-corrected chi connectivity index (χ2v) is 6.84. The summed E-state index contributed by atoms with van der Waals surface area (Å²) in [7, 11) is 0. The minimum atomic E-state index is -0.798. The molecule has 3 unspecified atom stereocenters. The Morgan fingerprint density at radius 1 is 1.29 bits per heavy atom. The first-order chi connectivity index (χ1) is 8.00. The van der Waals surface area contributed by atoms with Crippen molar-refractivity contribution < 1.29 is 9.90 Å². The largest absolute Gasteiger partial charge is 0.478 e. The van der Waals surface area contributed by atoms with Crippen molar-refractivity contribution in [2.45, 2.75) is 45.4 Å². The van der Waals surface area contributed by atoms with Gasteiger partial charge < -0.3 is 5.11 Å². The van der Waals surface area contributed by atoms with Gasteiger partial charge in [-0.25, -0.2) is 4.79 Å². The molecule has 3 atom stereocenters. The van der Waals surface area contributed by atoms with Crippen LogP contribution in [-0.2, 0) is 4.79 Å². The molecule has 4 rings (SSSR count). The van der Waals surface area contributed by atoms with Gasteiger partial charge in [0.1, 0.15) is 0 Å². The van der Waals surface area contributed by atoms with E-state index in [4.69, 9.17) is 5.11 Å². The lowest BCUT2D eigenvalue weighted by molar-refractivity contribution is -0.135. The SMILES string of the molecule is C=C(CC12CC3CC(CC(C3)C1C)C2)C(=O)O. The third-order valence-corrected chi connectivity index (χ3v) is 5.87. The Morgan fingerprint density at radius 3 is 2.41 bits per heavy atom. The molecule has 0 aliphatic heterocycles. The van der Waals surface area contributed by atoms with E-state index in [1.807, 2.05) is 0 Å². The number of carboxylic acids is 1. The summed E-state index contributed by atoms with van der Waals surface area (Å²) in [5.74, 6) is 2.53. The van der Waals surface area contributed by atoms with Crippen LogP contribution in [0.25, 0.3) is 0 Å². The zero-order valence-corrected chi connectivity index (χ0v) is 10.6. The molecule has 17 heavy (non-hydrogen) atoms. The average molecular weight is 234 g/mol. The summed E-state index contributed by atoms with van der Waals surface area (Å²) in [5, 5.41) is 9.07. The monoisotopic (exact) mass is 234 g/mol. The summed E-state index contributed by atoms with van der Waals surface area (Å²) >= 11 is 0. The molecule has 0 amide bonds. The molecule has 4 saturated carbocycles. The topological polar surface area (TPSA) is 37.3 Å². The molecule has 1 N–H and O–H groups in total. The highest BCUT2D eigenvalue weighted by Crippen LogP contribution is 2.64. The van der Waals surface area contributed by atoms with Crippen LogP contribution in [0.2, 0.25) is 0 Å². The van der Waals surface area contributed by atoms with Gasteiger partial charge >= 0.3 is 5.97 Å². The number of hydrogen-bond acceptors (Lipinski definition) is 1. The van der Waals surface area contributed by atoms with Gasteiger partial charge in [-0.1, -0.05) is 13.5 Å². The van der Waals surface area contributed by atoms with Crippen molar-refractivity contribution in [1.29, 1.82) is 0 Å². The first-order valence-corrected chi connectivity index (χ1v) is 6.91. The lowest BCUT2D eigenvalue weighted by Gasteiger charge is -2.61. The van der Waals surface area contributed by atoms with Gasteiger partial charge in [-0.2, -0.15) is 0 Å². The van der Waals surface area contributed by atoms with Crippen molar-refractivity contribution in [2.75, 3.05) is 0 Å². The normalized spacial score (nSPS) is 47.1. The zero-order valence-electron chi connectivity index (χ0n) is 10.6. The quantitative estimate of drug-likeness (QED) is 0.759. The number of rotatable bonds is 3. The van der Waals surface area contributed by atoms with E-state index in [2.05, 4.69) is 13.5 Å². The standard InChI is InChI=1S/C15H22O2/c1-9(14(16)17)6-15-7-11-3-12(8-15)5-13(4-11)10(15)2/h10-13H,1,3-8H2,2H3,(H,16,17). The van der Waals surface area contributed by atoms with Crippen LogP contribution in [0.15, 0.2) is 12.2 Å². The summed E-state index contributed by atoms with van der Waals surface area (Å²) in [5.41, 5.74) is 0.711. The minimum absolute atomic E-state index is 0.282. The number of carbonyl (C=O) groups is 1. The molecule has 2 heteroatoms. The highest BCUT2D eigenvalue weighted by Gasteiger charge is 2.55. The van der Waals surface area contributed by atoms with Crippen LogP contribution >= 0.6 is 0 Å². The van der Waals surface area contributed by atoms with E-state index >= 15 is 0 Å². The molecular weight excluding hydrogens is 212 g/mol. The third-order valence-electron chi connectivity index (χ3n) is 5.87. The Bertz CT molecular complexity index is 357. The molecular formula is C15H22O2. The zero-order chi connectivity index (χ0) is 12.2. The van der Waals surface area contributed by atoms with Crippen LogP contribution in [0.4, 0.5) is 0 Å². The molecule has 0 radical (unpaired) electrons. The smallest absolute Gasteiger partial charge is 0.330 e. The van der Waals surface area contributed by atoms with Crippen molar-refractivity contribution in [1.82, 2.24) is 0 Å². The van der Waals surface area contributed by atoms with Crippen LogP contribution in [-0.4, -0.2) is 11.1 Å². The van der Waals surface area contributed by atoms with Gasteiger partial charge in [-0.05, 0) is 67.6 Å². The fourth-order valence-electron chi connectivity index (χ4n) is 5.27. The summed E-state index contributed by atoms with van der Waals surface area (Å²) in [6, 6.07) is 0. The van der Waals surface area contributed by atoms with Gasteiger partial charge in [0.15, 0.2) is 0 Å². The molecule has 4 aliphatic carbocycles. The van der Waals surface area contributed by atoms with Crippen molar-refractivity contribution in [3.05, 3.63) is 12.2 Å². The molecule has 2 nitrogen and oxygen atoms in total. The van der Waals surface area contributed by atoms with Gasteiger partial charge in [-0.15, -0.1) is 0 Å². The van der Waals surface area contributed by atoms with Crippen LogP contribution < -0.4 is 0 Å². The lowest BCUT2D eigenvalue weighted by Crippen LogP contribution is -2.51. The van der Waals surface area contributed by atoms with E-state index in [1.165, 1.54) is 32.1 Å². The Morgan fingerprint density at radius 2 is 1.88 bits per heavy atom. The Labute approximate surface area is 103 Å². The first kappa shape index (κ1) is 11.3. The fourth-order valence-corrected chi connectivity index (χ4v) is 5.27. The predicted molar refractivity (Wildman–Crippen MR) is 66.5 cm³/mol. The van der Waals surface area contributed by atoms with E-state index in [9.17, 15) is 4.79 Å². The van der Waals surface area contributed by atoms with Crippen molar-refractivity contribution in [3.63, 3.8) is 0 Å². The molecule has 94 valence electrons. The van der Waals surface area contributed by atoms with E-state index in [0.29, 0.717) is 11.5 Å². The summed E-state index contributed by atoms with van der Waals surface area (Å²) < 4.78 is 0. The van der Waals surface area contributed by atoms with E-state index in [1.54, 1.807) is 0 Å². The van der Waals surface area contributed by atoms with Gasteiger partial charge in [0.05, 0.1) is 0 Å². The molecule has 4 bridgehead atoms. The fraction of sp³-hybridized carbons (Fsp3) is 0.800. The number of carboxylic acid groups (broad SMARTS) is 1. The van der Waals surface area contributed by atoms with Gasteiger partial charge in [0, 0.05) is 5.57 Å². The first-order valence-electron chi connectivity index (χ1n) is 6.91. The highest BCUT2D eigenvalue weighted by atomic mass is 16.4.